The number of methoxy groups -OCH3 is 1. The van der Waals surface area contributed by atoms with Gasteiger partial charge >= 0.3 is 0 Å². The predicted molar refractivity (Wildman–Crippen MR) is 97.3 cm³/mol. The highest BCUT2D eigenvalue weighted by atomic mass is 32.1. The van der Waals surface area contributed by atoms with E-state index in [9.17, 15) is 0 Å². The van der Waals surface area contributed by atoms with Gasteiger partial charge in [0.2, 0.25) is 0 Å². The zero-order chi connectivity index (χ0) is 16.2. The molecule has 1 aromatic heterocycles. The van der Waals surface area contributed by atoms with Crippen molar-refractivity contribution in [2.24, 2.45) is 0 Å². The molecule has 118 valence electrons. The monoisotopic (exact) mass is 324 g/mol. The second-order valence-electron chi connectivity index (χ2n) is 5.46. The molecule has 0 aliphatic carbocycles. The van der Waals surface area contributed by atoms with Crippen molar-refractivity contribution in [3.63, 3.8) is 0 Å². The highest BCUT2D eigenvalue weighted by molar-refractivity contribution is 7.16. The molecule has 3 aromatic rings. The molecule has 0 radical (unpaired) electrons. The van der Waals surface area contributed by atoms with Gasteiger partial charge in [-0.05, 0) is 19.9 Å². The van der Waals surface area contributed by atoms with Crippen molar-refractivity contribution in [3.8, 4) is 17.0 Å². The minimum Gasteiger partial charge on any atom is -0.496 e. The molecule has 3 rings (SSSR count). The largest absolute Gasteiger partial charge is 0.496 e. The number of nitrogens with one attached hydrogen (secondary N) is 1. The van der Waals surface area contributed by atoms with E-state index >= 15 is 0 Å². The van der Waals surface area contributed by atoms with Crippen LogP contribution in [0.5, 0.6) is 5.75 Å². The zero-order valence-corrected chi connectivity index (χ0v) is 14.4. The van der Waals surface area contributed by atoms with Gasteiger partial charge in [-0.15, -0.1) is 11.3 Å². The van der Waals surface area contributed by atoms with E-state index in [1.54, 1.807) is 18.4 Å². The second-order valence-corrected chi connectivity index (χ2v) is 6.66. The summed E-state index contributed by atoms with van der Waals surface area (Å²) in [6.07, 6.45) is 0. The molecule has 3 nitrogen and oxygen atoms in total. The summed E-state index contributed by atoms with van der Waals surface area (Å²) < 4.78 is 5.39. The maximum Gasteiger partial charge on any atom is 0.183 e. The van der Waals surface area contributed by atoms with Crippen LogP contribution in [0.4, 0.5) is 5.13 Å². The fraction of sp³-hybridized carbons (Fsp3) is 0.211. The van der Waals surface area contributed by atoms with E-state index in [-0.39, 0.29) is 0 Å². The van der Waals surface area contributed by atoms with Gasteiger partial charge in [-0.1, -0.05) is 48.0 Å². The Balaban J connectivity index is 1.77. The van der Waals surface area contributed by atoms with E-state index in [0.717, 1.165) is 27.7 Å². The minimum atomic E-state index is 0.699. The first-order chi connectivity index (χ1) is 11.2. The third kappa shape index (κ3) is 3.54. The standard InChI is InChI=1S/C19H20N2OS/c1-13-8-10-15(11-9-13)18-14(2)23-19(21-18)20-12-16-6-4-5-7-17(16)22-3/h4-11H,12H2,1-3H3,(H,20,21). The lowest BCUT2D eigenvalue weighted by atomic mass is 10.1. The predicted octanol–water partition coefficient (Wildman–Crippen LogP) is 5.05. The van der Waals surface area contributed by atoms with Crippen LogP contribution in [0, 0.1) is 13.8 Å². The molecule has 1 heterocycles. The number of aromatic nitrogens is 1. The molecule has 0 amide bonds. The van der Waals surface area contributed by atoms with E-state index in [1.165, 1.54) is 10.4 Å². The molecule has 0 unspecified atom stereocenters. The van der Waals surface area contributed by atoms with Crippen molar-refractivity contribution in [1.29, 1.82) is 0 Å². The molecular weight excluding hydrogens is 304 g/mol. The quantitative estimate of drug-likeness (QED) is 0.713. The molecule has 2 aromatic carbocycles. The average molecular weight is 324 g/mol. The Morgan fingerprint density at radius 3 is 2.52 bits per heavy atom. The summed E-state index contributed by atoms with van der Waals surface area (Å²) >= 11 is 1.68. The summed E-state index contributed by atoms with van der Waals surface area (Å²) in [5, 5.41) is 4.34. The van der Waals surface area contributed by atoms with Crippen molar-refractivity contribution >= 4 is 16.5 Å². The SMILES string of the molecule is COc1ccccc1CNc1nc(-c2ccc(C)cc2)c(C)s1. The number of rotatable bonds is 5. The van der Waals surface area contributed by atoms with Crippen LogP contribution in [0.15, 0.2) is 48.5 Å². The Morgan fingerprint density at radius 1 is 1.04 bits per heavy atom. The van der Waals surface area contributed by atoms with Gasteiger partial charge in [0.25, 0.3) is 0 Å². The van der Waals surface area contributed by atoms with Crippen LogP contribution in [-0.2, 0) is 6.54 Å². The number of ether oxygens (including phenoxy) is 1. The maximum atomic E-state index is 5.39. The van der Waals surface area contributed by atoms with E-state index in [4.69, 9.17) is 9.72 Å². The Hall–Kier alpha value is -2.33. The van der Waals surface area contributed by atoms with Crippen molar-refractivity contribution in [2.45, 2.75) is 20.4 Å². The van der Waals surface area contributed by atoms with Gasteiger partial charge in [0.15, 0.2) is 5.13 Å². The highest BCUT2D eigenvalue weighted by Crippen LogP contribution is 2.31. The molecular formula is C19H20N2OS. The van der Waals surface area contributed by atoms with Crippen LogP contribution in [0.1, 0.15) is 16.0 Å². The zero-order valence-electron chi connectivity index (χ0n) is 13.6. The summed E-state index contributed by atoms with van der Waals surface area (Å²) in [7, 11) is 1.70. The number of thiazole rings is 1. The van der Waals surface area contributed by atoms with Crippen LogP contribution < -0.4 is 10.1 Å². The van der Waals surface area contributed by atoms with Crippen LogP contribution in [0.2, 0.25) is 0 Å². The highest BCUT2D eigenvalue weighted by Gasteiger charge is 2.10. The second kappa shape index (κ2) is 6.84. The lowest BCUT2D eigenvalue weighted by Gasteiger charge is -2.08. The molecule has 0 aliphatic rings. The Labute approximate surface area is 141 Å². The minimum absolute atomic E-state index is 0.699. The van der Waals surface area contributed by atoms with Crippen LogP contribution >= 0.6 is 11.3 Å². The first-order valence-electron chi connectivity index (χ1n) is 7.57. The first kappa shape index (κ1) is 15.6. The summed E-state index contributed by atoms with van der Waals surface area (Å²) in [5.41, 5.74) is 4.60. The lowest BCUT2D eigenvalue weighted by molar-refractivity contribution is 0.410. The molecule has 4 heteroatoms. The molecule has 0 aliphatic heterocycles. The summed E-state index contributed by atoms with van der Waals surface area (Å²) in [4.78, 5) is 5.97. The van der Waals surface area contributed by atoms with Crippen molar-refractivity contribution in [2.75, 3.05) is 12.4 Å². The number of hydrogen-bond donors (Lipinski definition) is 1. The maximum absolute atomic E-state index is 5.39. The Kier molecular flexibility index (Phi) is 4.63. The molecule has 23 heavy (non-hydrogen) atoms. The van der Waals surface area contributed by atoms with Crippen LogP contribution in [0.25, 0.3) is 11.3 Å². The molecule has 0 fully saturated rings. The third-order valence-electron chi connectivity index (χ3n) is 3.74. The van der Waals surface area contributed by atoms with Crippen LogP contribution in [-0.4, -0.2) is 12.1 Å². The van der Waals surface area contributed by atoms with Crippen molar-refractivity contribution in [3.05, 3.63) is 64.5 Å². The summed E-state index contributed by atoms with van der Waals surface area (Å²) in [6.45, 7) is 4.91. The van der Waals surface area contributed by atoms with Crippen molar-refractivity contribution < 1.29 is 4.74 Å². The number of nitrogens with zero attached hydrogens (tertiary/aromatic N) is 1. The Bertz CT molecular complexity index is 793. The van der Waals surface area contributed by atoms with E-state index in [2.05, 4.69) is 49.5 Å². The summed E-state index contributed by atoms with van der Waals surface area (Å²) in [6, 6.07) is 16.5. The molecule has 0 saturated carbocycles. The molecule has 0 atom stereocenters. The van der Waals surface area contributed by atoms with E-state index in [1.807, 2.05) is 18.2 Å². The number of benzene rings is 2. The lowest BCUT2D eigenvalue weighted by Crippen LogP contribution is -2.01. The van der Waals surface area contributed by atoms with E-state index in [0.29, 0.717) is 6.54 Å². The fourth-order valence-electron chi connectivity index (χ4n) is 2.47. The van der Waals surface area contributed by atoms with Gasteiger partial charge in [-0.25, -0.2) is 4.98 Å². The van der Waals surface area contributed by atoms with E-state index < -0.39 is 0 Å². The van der Waals surface area contributed by atoms with Gasteiger partial charge in [0.05, 0.1) is 12.8 Å². The number of anilines is 1. The van der Waals surface area contributed by atoms with Gasteiger partial charge in [0, 0.05) is 22.5 Å². The molecule has 0 bridgehead atoms. The smallest absolute Gasteiger partial charge is 0.183 e. The first-order valence-corrected chi connectivity index (χ1v) is 8.39. The molecule has 1 N–H and O–H groups in total. The molecule has 0 spiro atoms. The average Bonchev–Trinajstić information content (AvgIpc) is 2.95. The van der Waals surface area contributed by atoms with Crippen LogP contribution in [0.3, 0.4) is 0 Å². The van der Waals surface area contributed by atoms with Gasteiger partial charge in [0.1, 0.15) is 5.75 Å². The van der Waals surface area contributed by atoms with Gasteiger partial charge in [-0.3, -0.25) is 0 Å². The summed E-state index contributed by atoms with van der Waals surface area (Å²) in [5.74, 6) is 0.895. The molecule has 0 saturated heterocycles. The third-order valence-corrected chi connectivity index (χ3v) is 4.67. The fourth-order valence-corrected chi connectivity index (χ4v) is 3.30. The number of aryl methyl sites for hydroxylation is 2. The number of hydrogen-bond acceptors (Lipinski definition) is 4. The Morgan fingerprint density at radius 2 is 1.78 bits per heavy atom. The van der Waals surface area contributed by atoms with Crippen molar-refractivity contribution in [1.82, 2.24) is 4.98 Å². The number of para-hydroxylation sites is 1. The topological polar surface area (TPSA) is 34.1 Å². The van der Waals surface area contributed by atoms with Gasteiger partial charge < -0.3 is 10.1 Å². The van der Waals surface area contributed by atoms with Gasteiger partial charge in [-0.2, -0.15) is 0 Å². The normalized spacial score (nSPS) is 10.6.